The van der Waals surface area contributed by atoms with E-state index in [2.05, 4.69) is 29.0 Å². The molecule has 0 aliphatic heterocycles. The maximum absolute atomic E-state index is 10.9. The number of methoxy groups -OCH3 is 1. The van der Waals surface area contributed by atoms with Crippen LogP contribution in [0.1, 0.15) is 34.6 Å². The topological polar surface area (TPSA) is 39.2 Å². The summed E-state index contributed by atoms with van der Waals surface area (Å²) in [5.74, 6) is 6.54. The number of aromatic nitrogens is 1. The third-order valence-electron chi connectivity index (χ3n) is 3.04. The molecule has 106 valence electrons. The first kappa shape index (κ1) is 14.8. The maximum atomic E-state index is 10.9. The fraction of sp³-hybridized carbons (Fsp3) is 0.222. The van der Waals surface area contributed by atoms with E-state index in [4.69, 9.17) is 4.74 Å². The van der Waals surface area contributed by atoms with Crippen LogP contribution >= 0.6 is 0 Å². The average Bonchev–Trinajstić information content (AvgIpc) is 2.55. The van der Waals surface area contributed by atoms with Crippen molar-refractivity contribution in [1.29, 1.82) is 0 Å². The van der Waals surface area contributed by atoms with Crippen LogP contribution in [-0.4, -0.2) is 18.4 Å². The number of pyridine rings is 1. The molecule has 0 aliphatic carbocycles. The number of aryl methyl sites for hydroxylation is 1. The summed E-state index contributed by atoms with van der Waals surface area (Å²) < 4.78 is 5.04. The van der Waals surface area contributed by atoms with Crippen molar-refractivity contribution in [3.63, 3.8) is 0 Å². The van der Waals surface area contributed by atoms with E-state index in [-0.39, 0.29) is 5.69 Å². The zero-order chi connectivity index (χ0) is 14.9. The lowest BCUT2D eigenvalue weighted by molar-refractivity contribution is 0.111. The molecule has 0 N–H and O–H groups in total. The van der Waals surface area contributed by atoms with E-state index in [1.807, 2.05) is 18.2 Å². The van der Waals surface area contributed by atoms with Crippen molar-refractivity contribution >= 4 is 6.29 Å². The predicted molar refractivity (Wildman–Crippen MR) is 82.4 cm³/mol. The number of unbranched alkanes of at least 4 members (excludes halogenated alkanes) is 1. The van der Waals surface area contributed by atoms with Gasteiger partial charge >= 0.3 is 0 Å². The van der Waals surface area contributed by atoms with Crippen molar-refractivity contribution in [2.45, 2.75) is 19.3 Å². The summed E-state index contributed by atoms with van der Waals surface area (Å²) in [6, 6.07) is 13.8. The number of rotatable bonds is 5. The Hall–Kier alpha value is -2.60. The van der Waals surface area contributed by atoms with Gasteiger partial charge in [0, 0.05) is 6.42 Å². The van der Waals surface area contributed by atoms with E-state index in [0.717, 1.165) is 19.3 Å². The lowest BCUT2D eigenvalue weighted by Crippen LogP contribution is -1.96. The molecule has 0 saturated carbocycles. The van der Waals surface area contributed by atoms with Gasteiger partial charge in [-0.15, -0.1) is 0 Å². The zero-order valence-electron chi connectivity index (χ0n) is 12.0. The monoisotopic (exact) mass is 279 g/mol. The van der Waals surface area contributed by atoms with Crippen LogP contribution in [0.5, 0.6) is 5.75 Å². The Morgan fingerprint density at radius 2 is 2.00 bits per heavy atom. The minimum Gasteiger partial charge on any atom is -0.494 e. The zero-order valence-corrected chi connectivity index (χ0v) is 12.0. The van der Waals surface area contributed by atoms with Gasteiger partial charge in [0.25, 0.3) is 0 Å². The third-order valence-corrected chi connectivity index (χ3v) is 3.04. The number of carbonyl (C=O) groups excluding carboxylic acids is 1. The molecule has 0 spiro atoms. The highest BCUT2D eigenvalue weighted by Gasteiger charge is 2.03. The van der Waals surface area contributed by atoms with Crippen LogP contribution in [-0.2, 0) is 6.42 Å². The molecule has 2 rings (SSSR count). The fourth-order valence-corrected chi connectivity index (χ4v) is 1.97. The van der Waals surface area contributed by atoms with E-state index in [9.17, 15) is 4.79 Å². The number of aldehydes is 1. The van der Waals surface area contributed by atoms with E-state index < -0.39 is 0 Å². The first-order valence-electron chi connectivity index (χ1n) is 6.86. The normalized spacial score (nSPS) is 9.57. The quantitative estimate of drug-likeness (QED) is 0.479. The predicted octanol–water partition coefficient (Wildman–Crippen LogP) is 3.28. The summed E-state index contributed by atoms with van der Waals surface area (Å²) in [6.07, 6.45) is 3.51. The van der Waals surface area contributed by atoms with Gasteiger partial charge < -0.3 is 4.74 Å². The summed E-state index contributed by atoms with van der Waals surface area (Å²) in [5, 5.41) is 0. The molecule has 1 aromatic carbocycles. The largest absolute Gasteiger partial charge is 0.494 e. The molecule has 0 unspecified atom stereocenters. The highest BCUT2D eigenvalue weighted by atomic mass is 16.5. The lowest BCUT2D eigenvalue weighted by Gasteiger charge is -2.01. The molecule has 0 bridgehead atoms. The van der Waals surface area contributed by atoms with E-state index in [1.54, 1.807) is 12.1 Å². The summed E-state index contributed by atoms with van der Waals surface area (Å²) >= 11 is 0. The fourth-order valence-electron chi connectivity index (χ4n) is 1.97. The van der Waals surface area contributed by atoms with Crippen LogP contribution < -0.4 is 4.74 Å². The maximum Gasteiger partial charge on any atom is 0.172 e. The van der Waals surface area contributed by atoms with Crippen LogP contribution in [0.15, 0.2) is 42.5 Å². The van der Waals surface area contributed by atoms with Crippen LogP contribution in [0.3, 0.4) is 0 Å². The Morgan fingerprint density at radius 1 is 1.19 bits per heavy atom. The van der Waals surface area contributed by atoms with Gasteiger partial charge in [0.15, 0.2) is 6.29 Å². The summed E-state index contributed by atoms with van der Waals surface area (Å²) in [5.41, 5.74) is 2.20. The SMILES string of the molecule is COc1ccc(C#CCCCc2ccccc2)nc1C=O. The van der Waals surface area contributed by atoms with Crippen molar-refractivity contribution < 1.29 is 9.53 Å². The van der Waals surface area contributed by atoms with Crippen molar-refractivity contribution in [1.82, 2.24) is 4.98 Å². The second-order valence-corrected chi connectivity index (χ2v) is 4.54. The van der Waals surface area contributed by atoms with Crippen molar-refractivity contribution in [3.8, 4) is 17.6 Å². The van der Waals surface area contributed by atoms with Gasteiger partial charge in [0.2, 0.25) is 0 Å². The molecule has 1 heterocycles. The second-order valence-electron chi connectivity index (χ2n) is 4.54. The smallest absolute Gasteiger partial charge is 0.172 e. The van der Waals surface area contributed by atoms with Crippen LogP contribution in [0, 0.1) is 11.8 Å². The van der Waals surface area contributed by atoms with Gasteiger partial charge in [0.05, 0.1) is 7.11 Å². The molecule has 3 nitrogen and oxygen atoms in total. The number of hydrogen-bond acceptors (Lipinski definition) is 3. The van der Waals surface area contributed by atoms with Crippen LogP contribution in [0.4, 0.5) is 0 Å². The number of benzene rings is 1. The Kier molecular flexibility index (Phi) is 5.54. The molecule has 0 saturated heterocycles. The first-order chi connectivity index (χ1) is 10.3. The molecule has 2 aromatic rings. The molecule has 1 aromatic heterocycles. The molecule has 0 aliphatic rings. The second kappa shape index (κ2) is 7.86. The number of ether oxygens (including phenoxy) is 1. The Bertz CT molecular complexity index is 654. The van der Waals surface area contributed by atoms with Gasteiger partial charge in [0.1, 0.15) is 17.1 Å². The van der Waals surface area contributed by atoms with Crippen molar-refractivity contribution in [3.05, 3.63) is 59.4 Å². The standard InChI is InChI=1S/C18H17NO2/c1-21-18-13-12-16(19-17(18)14-20)11-7-3-6-10-15-8-4-2-5-9-15/h2,4-5,8-9,12-14H,3,6,10H2,1H3. The molecule has 0 fully saturated rings. The molecule has 0 amide bonds. The van der Waals surface area contributed by atoms with Gasteiger partial charge in [-0.25, -0.2) is 4.98 Å². The summed E-state index contributed by atoms with van der Waals surface area (Å²) in [6.45, 7) is 0. The Morgan fingerprint density at radius 3 is 2.71 bits per heavy atom. The van der Waals surface area contributed by atoms with Gasteiger partial charge in [-0.05, 0) is 36.5 Å². The third kappa shape index (κ3) is 4.47. The first-order valence-corrected chi connectivity index (χ1v) is 6.86. The van der Waals surface area contributed by atoms with E-state index in [0.29, 0.717) is 17.7 Å². The summed E-state index contributed by atoms with van der Waals surface area (Å²) in [4.78, 5) is 15.0. The Balaban J connectivity index is 1.89. The Labute approximate surface area is 125 Å². The van der Waals surface area contributed by atoms with E-state index in [1.165, 1.54) is 12.7 Å². The minimum absolute atomic E-state index is 0.286. The molecule has 21 heavy (non-hydrogen) atoms. The van der Waals surface area contributed by atoms with Crippen LogP contribution in [0.25, 0.3) is 0 Å². The van der Waals surface area contributed by atoms with Gasteiger partial charge in [-0.1, -0.05) is 36.3 Å². The number of carbonyl (C=O) groups is 1. The van der Waals surface area contributed by atoms with Gasteiger partial charge in [-0.3, -0.25) is 4.79 Å². The molecule has 3 heteroatoms. The van der Waals surface area contributed by atoms with Crippen LogP contribution in [0.2, 0.25) is 0 Å². The molecule has 0 atom stereocenters. The average molecular weight is 279 g/mol. The van der Waals surface area contributed by atoms with E-state index >= 15 is 0 Å². The van der Waals surface area contributed by atoms with Crippen molar-refractivity contribution in [2.75, 3.05) is 7.11 Å². The highest BCUT2D eigenvalue weighted by molar-refractivity contribution is 5.76. The molecular formula is C18H17NO2. The number of nitrogens with zero attached hydrogens (tertiary/aromatic N) is 1. The highest BCUT2D eigenvalue weighted by Crippen LogP contribution is 2.13. The minimum atomic E-state index is 0.286. The van der Waals surface area contributed by atoms with Gasteiger partial charge in [-0.2, -0.15) is 0 Å². The van der Waals surface area contributed by atoms with Crippen molar-refractivity contribution in [2.24, 2.45) is 0 Å². The lowest BCUT2D eigenvalue weighted by atomic mass is 10.1. The molecular weight excluding hydrogens is 262 g/mol. The molecule has 0 radical (unpaired) electrons. The number of hydrogen-bond donors (Lipinski definition) is 0. The summed E-state index contributed by atoms with van der Waals surface area (Å²) in [7, 11) is 1.51.